The number of amides is 1. The summed E-state index contributed by atoms with van der Waals surface area (Å²) >= 11 is 0. The number of benzene rings is 1. The molecule has 0 heterocycles. The first-order valence-electron chi connectivity index (χ1n) is 7.78. The summed E-state index contributed by atoms with van der Waals surface area (Å²) < 4.78 is 0. The van der Waals surface area contributed by atoms with E-state index >= 15 is 0 Å². The molecule has 3 N–H and O–H groups in total. The Morgan fingerprint density at radius 3 is 2.19 bits per heavy atom. The van der Waals surface area contributed by atoms with Crippen molar-refractivity contribution in [3.05, 3.63) is 35.4 Å². The molecular formula is C17H29N3O. The fourth-order valence-electron chi connectivity index (χ4n) is 2.47. The van der Waals surface area contributed by atoms with Crippen molar-refractivity contribution < 1.29 is 4.79 Å². The molecule has 0 fully saturated rings. The molecule has 21 heavy (non-hydrogen) atoms. The predicted octanol–water partition coefficient (Wildman–Crippen LogP) is 2.38. The Bertz CT molecular complexity index is 418. The molecule has 0 aromatic heterocycles. The molecule has 1 rings (SSSR count). The van der Waals surface area contributed by atoms with Crippen molar-refractivity contribution in [2.75, 3.05) is 13.1 Å². The Balaban J connectivity index is 2.36. The fraction of sp³-hybridized carbons (Fsp3) is 0.588. The van der Waals surface area contributed by atoms with Gasteiger partial charge in [-0.05, 0) is 51.8 Å². The van der Waals surface area contributed by atoms with E-state index in [0.717, 1.165) is 18.5 Å². The summed E-state index contributed by atoms with van der Waals surface area (Å²) in [4.78, 5) is 14.4. The lowest BCUT2D eigenvalue weighted by molar-refractivity contribution is 0.0949. The third kappa shape index (κ3) is 5.86. The van der Waals surface area contributed by atoms with Crippen molar-refractivity contribution in [3.63, 3.8) is 0 Å². The van der Waals surface area contributed by atoms with Gasteiger partial charge in [-0.1, -0.05) is 12.1 Å². The molecule has 4 nitrogen and oxygen atoms in total. The zero-order chi connectivity index (χ0) is 15.8. The number of hydrogen-bond acceptors (Lipinski definition) is 3. The van der Waals surface area contributed by atoms with E-state index in [0.29, 0.717) is 30.7 Å². The second-order valence-electron chi connectivity index (χ2n) is 5.94. The molecule has 1 aromatic carbocycles. The Morgan fingerprint density at radius 1 is 1.14 bits per heavy atom. The zero-order valence-corrected chi connectivity index (χ0v) is 13.7. The maximum Gasteiger partial charge on any atom is 0.251 e. The van der Waals surface area contributed by atoms with Gasteiger partial charge in [0.05, 0.1) is 0 Å². The molecule has 1 aromatic rings. The molecule has 0 atom stereocenters. The standard InChI is InChI=1S/C17H29N3O/c1-13(2)20(14(3)4)11-5-10-19-17(21)16-8-6-15(12-18)7-9-16/h6-9,13-14H,5,10-12,18H2,1-4H3,(H,19,21). The molecule has 4 heteroatoms. The van der Waals surface area contributed by atoms with E-state index in [4.69, 9.17) is 5.73 Å². The summed E-state index contributed by atoms with van der Waals surface area (Å²) in [5.74, 6) is -0.0146. The summed E-state index contributed by atoms with van der Waals surface area (Å²) in [7, 11) is 0. The lowest BCUT2D eigenvalue weighted by atomic mass is 10.1. The molecule has 0 radical (unpaired) electrons. The molecule has 1 amide bonds. The second kappa shape index (κ2) is 8.80. The number of hydrogen-bond donors (Lipinski definition) is 2. The molecule has 118 valence electrons. The third-order valence-corrected chi connectivity index (χ3v) is 3.66. The van der Waals surface area contributed by atoms with Crippen LogP contribution in [0, 0.1) is 0 Å². The van der Waals surface area contributed by atoms with Gasteiger partial charge in [-0.3, -0.25) is 9.69 Å². The Morgan fingerprint density at radius 2 is 1.71 bits per heavy atom. The van der Waals surface area contributed by atoms with Crippen LogP contribution in [0.25, 0.3) is 0 Å². The van der Waals surface area contributed by atoms with Crippen LogP contribution in [-0.4, -0.2) is 36.0 Å². The van der Waals surface area contributed by atoms with Crippen LogP contribution in [-0.2, 0) is 6.54 Å². The van der Waals surface area contributed by atoms with Gasteiger partial charge in [0.25, 0.3) is 5.91 Å². The number of carbonyl (C=O) groups is 1. The van der Waals surface area contributed by atoms with Crippen LogP contribution in [0.2, 0.25) is 0 Å². The zero-order valence-electron chi connectivity index (χ0n) is 13.7. The van der Waals surface area contributed by atoms with Gasteiger partial charge < -0.3 is 11.1 Å². The van der Waals surface area contributed by atoms with Crippen molar-refractivity contribution in [2.45, 2.75) is 52.7 Å². The largest absolute Gasteiger partial charge is 0.352 e. The molecule has 0 aliphatic heterocycles. The van der Waals surface area contributed by atoms with Gasteiger partial charge in [0.1, 0.15) is 0 Å². The smallest absolute Gasteiger partial charge is 0.251 e. The molecular weight excluding hydrogens is 262 g/mol. The normalized spacial score (nSPS) is 11.4. The highest BCUT2D eigenvalue weighted by Crippen LogP contribution is 2.06. The first-order chi connectivity index (χ1) is 9.95. The molecule has 0 saturated carbocycles. The minimum Gasteiger partial charge on any atom is -0.352 e. The van der Waals surface area contributed by atoms with Crippen LogP contribution in [0.5, 0.6) is 0 Å². The number of nitrogens with one attached hydrogen (secondary N) is 1. The van der Waals surface area contributed by atoms with Crippen LogP contribution in [0.3, 0.4) is 0 Å². The van der Waals surface area contributed by atoms with Crippen LogP contribution in [0.4, 0.5) is 0 Å². The maximum atomic E-state index is 12.0. The predicted molar refractivity (Wildman–Crippen MR) is 88.3 cm³/mol. The van der Waals surface area contributed by atoms with Gasteiger partial charge in [-0.15, -0.1) is 0 Å². The first kappa shape index (κ1) is 17.7. The monoisotopic (exact) mass is 291 g/mol. The number of nitrogens with zero attached hydrogens (tertiary/aromatic N) is 1. The van der Waals surface area contributed by atoms with E-state index in [1.165, 1.54) is 0 Å². The summed E-state index contributed by atoms with van der Waals surface area (Å²) in [6, 6.07) is 8.51. The van der Waals surface area contributed by atoms with E-state index in [-0.39, 0.29) is 5.91 Å². The highest BCUT2D eigenvalue weighted by atomic mass is 16.1. The summed E-state index contributed by atoms with van der Waals surface area (Å²) in [6.07, 6.45) is 0.961. The van der Waals surface area contributed by atoms with Crippen LogP contribution in [0.15, 0.2) is 24.3 Å². The summed E-state index contributed by atoms with van der Waals surface area (Å²) in [5, 5.41) is 2.97. The van der Waals surface area contributed by atoms with E-state index in [2.05, 4.69) is 37.9 Å². The quantitative estimate of drug-likeness (QED) is 0.723. The third-order valence-electron chi connectivity index (χ3n) is 3.66. The van der Waals surface area contributed by atoms with Crippen molar-refractivity contribution in [3.8, 4) is 0 Å². The minimum atomic E-state index is -0.0146. The molecule has 0 saturated heterocycles. The minimum absolute atomic E-state index is 0.0146. The number of rotatable bonds is 8. The molecule has 0 bridgehead atoms. The number of nitrogens with two attached hydrogens (primary N) is 1. The van der Waals surface area contributed by atoms with E-state index in [1.54, 1.807) is 0 Å². The van der Waals surface area contributed by atoms with Crippen molar-refractivity contribution in [1.82, 2.24) is 10.2 Å². The highest BCUT2D eigenvalue weighted by molar-refractivity contribution is 5.94. The lowest BCUT2D eigenvalue weighted by Gasteiger charge is -2.30. The topological polar surface area (TPSA) is 58.4 Å². The highest BCUT2D eigenvalue weighted by Gasteiger charge is 2.12. The molecule has 0 aliphatic carbocycles. The van der Waals surface area contributed by atoms with Gasteiger partial charge in [0.2, 0.25) is 0 Å². The van der Waals surface area contributed by atoms with Crippen LogP contribution in [0.1, 0.15) is 50.0 Å². The van der Waals surface area contributed by atoms with Crippen LogP contribution < -0.4 is 11.1 Å². The maximum absolute atomic E-state index is 12.0. The second-order valence-corrected chi connectivity index (χ2v) is 5.94. The van der Waals surface area contributed by atoms with Crippen molar-refractivity contribution in [2.24, 2.45) is 5.73 Å². The average Bonchev–Trinajstić information content (AvgIpc) is 2.46. The first-order valence-corrected chi connectivity index (χ1v) is 7.78. The Hall–Kier alpha value is -1.39. The van der Waals surface area contributed by atoms with E-state index < -0.39 is 0 Å². The Kier molecular flexibility index (Phi) is 7.40. The van der Waals surface area contributed by atoms with Gasteiger partial charge in [-0.2, -0.15) is 0 Å². The number of carbonyl (C=O) groups excluding carboxylic acids is 1. The van der Waals surface area contributed by atoms with E-state index in [9.17, 15) is 4.79 Å². The van der Waals surface area contributed by atoms with Crippen LogP contribution >= 0.6 is 0 Å². The van der Waals surface area contributed by atoms with Gasteiger partial charge in [-0.25, -0.2) is 0 Å². The SMILES string of the molecule is CC(C)N(CCCNC(=O)c1ccc(CN)cc1)C(C)C. The van der Waals surface area contributed by atoms with Gasteiger partial charge in [0, 0.05) is 37.3 Å². The molecule has 0 spiro atoms. The van der Waals surface area contributed by atoms with E-state index in [1.807, 2.05) is 24.3 Å². The molecule has 0 unspecified atom stereocenters. The fourth-order valence-corrected chi connectivity index (χ4v) is 2.47. The van der Waals surface area contributed by atoms with Gasteiger partial charge in [0.15, 0.2) is 0 Å². The van der Waals surface area contributed by atoms with Gasteiger partial charge >= 0.3 is 0 Å². The van der Waals surface area contributed by atoms with Crippen molar-refractivity contribution in [1.29, 1.82) is 0 Å². The molecule has 0 aliphatic rings. The Labute approximate surface area is 128 Å². The lowest BCUT2D eigenvalue weighted by Crippen LogP contribution is -2.39. The van der Waals surface area contributed by atoms with Crippen molar-refractivity contribution >= 4 is 5.91 Å². The summed E-state index contributed by atoms with van der Waals surface area (Å²) in [6.45, 7) is 11.0. The summed E-state index contributed by atoms with van der Waals surface area (Å²) in [5.41, 5.74) is 7.28. The average molecular weight is 291 g/mol.